The van der Waals surface area contributed by atoms with Crippen molar-refractivity contribution in [3.05, 3.63) is 29.3 Å². The van der Waals surface area contributed by atoms with Crippen molar-refractivity contribution in [2.24, 2.45) is 5.92 Å². The summed E-state index contributed by atoms with van der Waals surface area (Å²) in [4.78, 5) is 2.44. The lowest BCUT2D eigenvalue weighted by Gasteiger charge is -2.28. The average molecular weight is 260 g/mol. The Kier molecular flexibility index (Phi) is 5.26. The number of nitrogens with zero attached hydrogens (tertiary/aromatic N) is 1. The topological polar surface area (TPSA) is 15.3 Å². The van der Waals surface area contributed by atoms with E-state index in [1.807, 2.05) is 7.05 Å². The van der Waals surface area contributed by atoms with Crippen LogP contribution in [0.3, 0.4) is 0 Å². The summed E-state index contributed by atoms with van der Waals surface area (Å²) < 4.78 is 0. The number of rotatable bonds is 5. The second-order valence-electron chi connectivity index (χ2n) is 6.03. The van der Waals surface area contributed by atoms with E-state index in [0.29, 0.717) is 0 Å². The first-order valence-electron chi connectivity index (χ1n) is 7.66. The van der Waals surface area contributed by atoms with Gasteiger partial charge >= 0.3 is 0 Å². The summed E-state index contributed by atoms with van der Waals surface area (Å²) in [6, 6.07) is 6.86. The predicted molar refractivity (Wildman–Crippen MR) is 83.8 cm³/mol. The fraction of sp³-hybridized carbons (Fsp3) is 0.647. The predicted octanol–water partition coefficient (Wildman–Crippen LogP) is 3.73. The molecule has 106 valence electrons. The summed E-state index contributed by atoms with van der Waals surface area (Å²) in [6.07, 6.45) is 7.14. The van der Waals surface area contributed by atoms with Crippen molar-refractivity contribution < 1.29 is 0 Å². The van der Waals surface area contributed by atoms with Crippen molar-refractivity contribution in [1.82, 2.24) is 5.32 Å². The lowest BCUT2D eigenvalue weighted by molar-refractivity contribution is 0.362. The van der Waals surface area contributed by atoms with E-state index < -0.39 is 0 Å². The first-order valence-corrected chi connectivity index (χ1v) is 7.66. The van der Waals surface area contributed by atoms with Crippen molar-refractivity contribution in [2.75, 3.05) is 25.5 Å². The zero-order chi connectivity index (χ0) is 13.7. The van der Waals surface area contributed by atoms with Gasteiger partial charge in [0.15, 0.2) is 0 Å². The maximum Gasteiger partial charge on any atom is 0.0366 e. The fourth-order valence-electron chi connectivity index (χ4n) is 3.17. The summed E-state index contributed by atoms with van der Waals surface area (Å²) in [7, 11) is 4.24. The zero-order valence-corrected chi connectivity index (χ0v) is 12.7. The van der Waals surface area contributed by atoms with Gasteiger partial charge in [-0.1, -0.05) is 25.3 Å². The van der Waals surface area contributed by atoms with Gasteiger partial charge in [-0.3, -0.25) is 0 Å². The Labute approximate surface area is 118 Å². The lowest BCUT2D eigenvalue weighted by atomic mass is 9.89. The van der Waals surface area contributed by atoms with Crippen LogP contribution < -0.4 is 10.2 Å². The minimum absolute atomic E-state index is 0.899. The molecule has 0 saturated heterocycles. The molecule has 1 fully saturated rings. The van der Waals surface area contributed by atoms with E-state index in [-0.39, 0.29) is 0 Å². The molecule has 1 aromatic rings. The van der Waals surface area contributed by atoms with Gasteiger partial charge < -0.3 is 10.2 Å². The molecule has 1 N–H and O–H groups in total. The van der Waals surface area contributed by atoms with Gasteiger partial charge in [0.05, 0.1) is 0 Å². The van der Waals surface area contributed by atoms with Gasteiger partial charge in [0, 0.05) is 25.8 Å². The highest BCUT2D eigenvalue weighted by molar-refractivity contribution is 5.50. The van der Waals surface area contributed by atoms with Crippen LogP contribution in [0.15, 0.2) is 18.2 Å². The highest BCUT2D eigenvalue weighted by Crippen LogP contribution is 2.26. The average Bonchev–Trinajstić information content (AvgIpc) is 2.42. The van der Waals surface area contributed by atoms with Crippen LogP contribution in [0.25, 0.3) is 0 Å². The summed E-state index contributed by atoms with van der Waals surface area (Å²) in [6.45, 7) is 4.38. The molecule has 0 amide bonds. The minimum atomic E-state index is 0.899. The van der Waals surface area contributed by atoms with Crippen LogP contribution in [0.2, 0.25) is 0 Å². The Morgan fingerprint density at radius 1 is 1.21 bits per heavy atom. The van der Waals surface area contributed by atoms with Gasteiger partial charge in [-0.25, -0.2) is 0 Å². The second kappa shape index (κ2) is 6.95. The molecule has 0 radical (unpaired) electrons. The van der Waals surface area contributed by atoms with Gasteiger partial charge in [-0.15, -0.1) is 0 Å². The molecule has 0 bridgehead atoms. The summed E-state index contributed by atoms with van der Waals surface area (Å²) in [5, 5.41) is 3.23. The minimum Gasteiger partial charge on any atom is -0.374 e. The van der Waals surface area contributed by atoms with Gasteiger partial charge in [0.1, 0.15) is 0 Å². The van der Waals surface area contributed by atoms with E-state index in [2.05, 4.69) is 42.4 Å². The first kappa shape index (κ1) is 14.4. The standard InChI is InChI=1S/C17H28N2/c1-14-11-17(10-9-16(14)12-18-2)19(3)13-15-7-5-4-6-8-15/h9-11,15,18H,4-8,12-13H2,1-3H3. The monoisotopic (exact) mass is 260 g/mol. The summed E-state index contributed by atoms with van der Waals surface area (Å²) in [5.41, 5.74) is 4.16. The van der Waals surface area contributed by atoms with Gasteiger partial charge in [0.25, 0.3) is 0 Å². The van der Waals surface area contributed by atoms with E-state index in [4.69, 9.17) is 0 Å². The molecule has 0 heterocycles. The molecule has 2 rings (SSSR count). The van der Waals surface area contributed by atoms with Gasteiger partial charge in [0.2, 0.25) is 0 Å². The van der Waals surface area contributed by atoms with Crippen LogP contribution in [0.1, 0.15) is 43.2 Å². The Balaban J connectivity index is 1.98. The molecule has 1 aliphatic carbocycles. The molecular formula is C17H28N2. The van der Waals surface area contributed by atoms with Crippen molar-refractivity contribution >= 4 is 5.69 Å². The molecule has 0 atom stereocenters. The molecule has 1 saturated carbocycles. The van der Waals surface area contributed by atoms with Gasteiger partial charge in [-0.2, -0.15) is 0 Å². The molecule has 0 unspecified atom stereocenters. The van der Waals surface area contributed by atoms with E-state index in [9.17, 15) is 0 Å². The molecule has 0 aromatic heterocycles. The van der Waals surface area contributed by atoms with Crippen LogP contribution in [-0.4, -0.2) is 20.6 Å². The molecule has 0 aliphatic heterocycles. The van der Waals surface area contributed by atoms with Crippen LogP contribution in [0, 0.1) is 12.8 Å². The number of benzene rings is 1. The third-order valence-corrected chi connectivity index (χ3v) is 4.39. The highest BCUT2D eigenvalue weighted by Gasteiger charge is 2.15. The Hall–Kier alpha value is -1.02. The van der Waals surface area contributed by atoms with Gasteiger partial charge in [-0.05, 0) is 56.0 Å². The Morgan fingerprint density at radius 3 is 2.58 bits per heavy atom. The Morgan fingerprint density at radius 2 is 1.95 bits per heavy atom. The van der Waals surface area contributed by atoms with Crippen molar-refractivity contribution in [3.63, 3.8) is 0 Å². The number of anilines is 1. The number of hydrogen-bond acceptors (Lipinski definition) is 2. The number of nitrogens with one attached hydrogen (secondary N) is 1. The van der Waals surface area contributed by atoms with E-state index in [1.165, 1.54) is 55.5 Å². The maximum atomic E-state index is 3.23. The lowest BCUT2D eigenvalue weighted by Crippen LogP contribution is -2.26. The molecule has 2 heteroatoms. The smallest absolute Gasteiger partial charge is 0.0366 e. The van der Waals surface area contributed by atoms with Crippen LogP contribution >= 0.6 is 0 Å². The third-order valence-electron chi connectivity index (χ3n) is 4.39. The molecule has 2 nitrogen and oxygen atoms in total. The quantitative estimate of drug-likeness (QED) is 0.868. The maximum absolute atomic E-state index is 3.23. The van der Waals surface area contributed by atoms with Crippen molar-refractivity contribution in [2.45, 2.75) is 45.6 Å². The van der Waals surface area contributed by atoms with E-state index in [1.54, 1.807) is 0 Å². The largest absolute Gasteiger partial charge is 0.374 e. The van der Waals surface area contributed by atoms with E-state index in [0.717, 1.165) is 12.5 Å². The van der Waals surface area contributed by atoms with Crippen molar-refractivity contribution in [3.8, 4) is 0 Å². The highest BCUT2D eigenvalue weighted by atomic mass is 15.1. The van der Waals surface area contributed by atoms with Crippen LogP contribution in [-0.2, 0) is 6.54 Å². The molecule has 1 aromatic carbocycles. The van der Waals surface area contributed by atoms with E-state index >= 15 is 0 Å². The number of hydrogen-bond donors (Lipinski definition) is 1. The fourth-order valence-corrected chi connectivity index (χ4v) is 3.17. The molecule has 1 aliphatic rings. The van der Waals surface area contributed by atoms with Crippen LogP contribution in [0.5, 0.6) is 0 Å². The zero-order valence-electron chi connectivity index (χ0n) is 12.7. The normalized spacial score (nSPS) is 16.6. The SMILES string of the molecule is CNCc1ccc(N(C)CC2CCCCC2)cc1C. The third kappa shape index (κ3) is 3.97. The molecule has 19 heavy (non-hydrogen) atoms. The summed E-state index contributed by atoms with van der Waals surface area (Å²) in [5.74, 6) is 0.899. The number of aryl methyl sites for hydroxylation is 1. The Bertz CT molecular complexity index is 394. The first-order chi connectivity index (χ1) is 9.20. The molecule has 0 spiro atoms. The second-order valence-corrected chi connectivity index (χ2v) is 6.03. The summed E-state index contributed by atoms with van der Waals surface area (Å²) >= 11 is 0. The molecular weight excluding hydrogens is 232 g/mol. The van der Waals surface area contributed by atoms with Crippen molar-refractivity contribution in [1.29, 1.82) is 0 Å². The van der Waals surface area contributed by atoms with Crippen LogP contribution in [0.4, 0.5) is 5.69 Å².